The highest BCUT2D eigenvalue weighted by atomic mass is 32.1. The van der Waals surface area contributed by atoms with Crippen molar-refractivity contribution in [3.05, 3.63) is 95.1 Å². The second-order valence-corrected chi connectivity index (χ2v) is 8.09. The molecule has 0 amide bonds. The van der Waals surface area contributed by atoms with E-state index in [4.69, 9.17) is 12.2 Å². The van der Waals surface area contributed by atoms with Gasteiger partial charge in [-0.25, -0.2) is 0 Å². The molecule has 0 unspecified atom stereocenters. The Balaban J connectivity index is 1.39. The van der Waals surface area contributed by atoms with E-state index in [0.717, 1.165) is 29.3 Å². The Morgan fingerprint density at radius 1 is 0.935 bits per heavy atom. The van der Waals surface area contributed by atoms with Gasteiger partial charge in [0, 0.05) is 6.20 Å². The van der Waals surface area contributed by atoms with E-state index in [-0.39, 0.29) is 0 Å². The van der Waals surface area contributed by atoms with Gasteiger partial charge in [-0.05, 0) is 44.1 Å². The van der Waals surface area contributed by atoms with Crippen molar-refractivity contribution < 1.29 is 0 Å². The number of anilines is 2. The van der Waals surface area contributed by atoms with Crippen LogP contribution in [-0.4, -0.2) is 24.7 Å². The number of nitrogens with one attached hydrogen (secondary N) is 2. The highest BCUT2D eigenvalue weighted by molar-refractivity contribution is 7.80. The predicted molar refractivity (Wildman–Crippen MR) is 130 cm³/mol. The normalized spacial score (nSPS) is 10.8. The first-order chi connectivity index (χ1) is 15.0. The number of hydrogen-bond acceptors (Lipinski definition) is 3. The van der Waals surface area contributed by atoms with E-state index in [1.165, 1.54) is 16.7 Å². The summed E-state index contributed by atoms with van der Waals surface area (Å²) >= 11 is 5.54. The standard InChI is InChI=1S/C24H26N6S/c1-17-8-7-11-21(12-17)14-29-16-22(13-25-29)26-24(31)27-23-18(2)28-30(19(23)3)15-20-9-5-4-6-10-20/h4-13,16H,14-15H2,1-3H3,(H2,26,27,31). The van der Waals surface area contributed by atoms with Gasteiger partial charge in [0.1, 0.15) is 0 Å². The molecule has 0 radical (unpaired) electrons. The maximum atomic E-state index is 5.54. The molecular formula is C24H26N6S. The SMILES string of the molecule is Cc1cccc(Cn2cc(NC(=S)Nc3c(C)nn(Cc4ccccc4)c3C)cn2)c1. The smallest absolute Gasteiger partial charge is 0.175 e. The molecule has 0 bridgehead atoms. The lowest BCUT2D eigenvalue weighted by molar-refractivity contribution is 0.659. The summed E-state index contributed by atoms with van der Waals surface area (Å²) < 4.78 is 3.89. The van der Waals surface area contributed by atoms with Crippen LogP contribution in [0.15, 0.2) is 67.0 Å². The molecule has 2 N–H and O–H groups in total. The second kappa shape index (κ2) is 9.14. The molecule has 158 valence electrons. The minimum atomic E-state index is 0.514. The number of aryl methyl sites for hydroxylation is 2. The fourth-order valence-corrected chi connectivity index (χ4v) is 3.80. The number of benzene rings is 2. The maximum absolute atomic E-state index is 5.54. The first-order valence-corrected chi connectivity index (χ1v) is 10.6. The van der Waals surface area contributed by atoms with E-state index < -0.39 is 0 Å². The van der Waals surface area contributed by atoms with Crippen LogP contribution in [0.5, 0.6) is 0 Å². The van der Waals surface area contributed by atoms with E-state index in [1.807, 2.05) is 47.6 Å². The van der Waals surface area contributed by atoms with Crippen molar-refractivity contribution in [2.75, 3.05) is 10.6 Å². The van der Waals surface area contributed by atoms with Crippen LogP contribution < -0.4 is 10.6 Å². The van der Waals surface area contributed by atoms with E-state index >= 15 is 0 Å². The lowest BCUT2D eigenvalue weighted by Crippen LogP contribution is -2.19. The van der Waals surface area contributed by atoms with Gasteiger partial charge in [-0.2, -0.15) is 10.2 Å². The Bertz CT molecular complexity index is 1190. The fourth-order valence-electron chi connectivity index (χ4n) is 3.58. The van der Waals surface area contributed by atoms with E-state index in [2.05, 4.69) is 64.2 Å². The fraction of sp³-hybridized carbons (Fsp3) is 0.208. The molecule has 2 heterocycles. The zero-order chi connectivity index (χ0) is 21.8. The van der Waals surface area contributed by atoms with Crippen molar-refractivity contribution in [2.45, 2.75) is 33.9 Å². The molecule has 0 spiro atoms. The third-order valence-corrected chi connectivity index (χ3v) is 5.32. The van der Waals surface area contributed by atoms with Crippen LogP contribution in [0.25, 0.3) is 0 Å². The summed E-state index contributed by atoms with van der Waals surface area (Å²) in [6.45, 7) is 7.57. The number of rotatable bonds is 6. The van der Waals surface area contributed by atoms with Gasteiger partial charge >= 0.3 is 0 Å². The van der Waals surface area contributed by atoms with Gasteiger partial charge in [0.2, 0.25) is 0 Å². The van der Waals surface area contributed by atoms with Crippen LogP contribution in [0.4, 0.5) is 11.4 Å². The van der Waals surface area contributed by atoms with E-state index in [0.29, 0.717) is 11.7 Å². The van der Waals surface area contributed by atoms with Crippen LogP contribution in [0.3, 0.4) is 0 Å². The predicted octanol–water partition coefficient (Wildman–Crippen LogP) is 4.91. The van der Waals surface area contributed by atoms with E-state index in [1.54, 1.807) is 6.20 Å². The average molecular weight is 431 g/mol. The molecule has 31 heavy (non-hydrogen) atoms. The zero-order valence-corrected chi connectivity index (χ0v) is 18.8. The third kappa shape index (κ3) is 5.19. The number of thiocarbonyl (C=S) groups is 1. The first-order valence-electron chi connectivity index (χ1n) is 10.2. The van der Waals surface area contributed by atoms with Gasteiger partial charge in [0.15, 0.2) is 5.11 Å². The molecule has 7 heteroatoms. The Morgan fingerprint density at radius 3 is 2.48 bits per heavy atom. The van der Waals surface area contributed by atoms with E-state index in [9.17, 15) is 0 Å². The van der Waals surface area contributed by atoms with Gasteiger partial charge in [-0.3, -0.25) is 9.36 Å². The van der Waals surface area contributed by atoms with Crippen molar-refractivity contribution in [2.24, 2.45) is 0 Å². The molecular weight excluding hydrogens is 404 g/mol. The van der Waals surface area contributed by atoms with Crippen LogP contribution in [0, 0.1) is 20.8 Å². The zero-order valence-electron chi connectivity index (χ0n) is 18.0. The molecule has 0 saturated carbocycles. The van der Waals surface area contributed by atoms with Gasteiger partial charge in [-0.1, -0.05) is 60.2 Å². The lowest BCUT2D eigenvalue weighted by Gasteiger charge is -2.10. The van der Waals surface area contributed by atoms with Crippen molar-refractivity contribution in [3.8, 4) is 0 Å². The topological polar surface area (TPSA) is 59.7 Å². The summed E-state index contributed by atoms with van der Waals surface area (Å²) in [6.07, 6.45) is 3.73. The van der Waals surface area contributed by atoms with Gasteiger partial charge in [-0.15, -0.1) is 0 Å². The molecule has 4 aromatic rings. The van der Waals surface area contributed by atoms with Crippen molar-refractivity contribution in [1.29, 1.82) is 0 Å². The summed E-state index contributed by atoms with van der Waals surface area (Å²) in [5.74, 6) is 0. The summed E-state index contributed by atoms with van der Waals surface area (Å²) in [5, 5.41) is 16.1. The van der Waals surface area contributed by atoms with Crippen LogP contribution in [0.2, 0.25) is 0 Å². The molecule has 4 rings (SSSR count). The highest BCUT2D eigenvalue weighted by Crippen LogP contribution is 2.21. The molecule has 0 aliphatic rings. The Morgan fingerprint density at radius 2 is 1.71 bits per heavy atom. The molecule has 0 fully saturated rings. The highest BCUT2D eigenvalue weighted by Gasteiger charge is 2.13. The average Bonchev–Trinajstić information content (AvgIpc) is 3.28. The minimum Gasteiger partial charge on any atom is -0.330 e. The summed E-state index contributed by atoms with van der Waals surface area (Å²) in [4.78, 5) is 0. The molecule has 6 nitrogen and oxygen atoms in total. The van der Waals surface area contributed by atoms with Crippen LogP contribution >= 0.6 is 12.2 Å². The third-order valence-electron chi connectivity index (χ3n) is 5.11. The van der Waals surface area contributed by atoms with Crippen molar-refractivity contribution in [3.63, 3.8) is 0 Å². The van der Waals surface area contributed by atoms with Crippen molar-refractivity contribution >= 4 is 28.7 Å². The van der Waals surface area contributed by atoms with Gasteiger partial charge in [0.25, 0.3) is 0 Å². The number of aromatic nitrogens is 4. The minimum absolute atomic E-state index is 0.514. The molecule has 0 atom stereocenters. The molecule has 2 aromatic carbocycles. The molecule has 0 saturated heterocycles. The summed E-state index contributed by atoms with van der Waals surface area (Å²) in [6, 6.07) is 18.7. The first kappa shape index (κ1) is 20.8. The van der Waals surface area contributed by atoms with Crippen LogP contribution in [0.1, 0.15) is 28.1 Å². The Hall–Kier alpha value is -3.45. The van der Waals surface area contributed by atoms with Crippen molar-refractivity contribution in [1.82, 2.24) is 19.6 Å². The number of hydrogen-bond donors (Lipinski definition) is 2. The monoisotopic (exact) mass is 430 g/mol. The van der Waals surface area contributed by atoms with Gasteiger partial charge in [0.05, 0.1) is 42.0 Å². The molecule has 2 aromatic heterocycles. The quantitative estimate of drug-likeness (QED) is 0.426. The summed E-state index contributed by atoms with van der Waals surface area (Å²) in [7, 11) is 0. The maximum Gasteiger partial charge on any atom is 0.175 e. The van der Waals surface area contributed by atoms with Gasteiger partial charge < -0.3 is 10.6 Å². The molecule has 0 aliphatic carbocycles. The second-order valence-electron chi connectivity index (χ2n) is 7.68. The Labute approximate surface area is 187 Å². The Kier molecular flexibility index (Phi) is 6.13. The number of nitrogens with zero attached hydrogens (tertiary/aromatic N) is 4. The summed E-state index contributed by atoms with van der Waals surface area (Å²) in [5.41, 5.74) is 7.40. The largest absolute Gasteiger partial charge is 0.330 e. The lowest BCUT2D eigenvalue weighted by atomic mass is 10.1. The van der Waals surface area contributed by atoms with Crippen LogP contribution in [-0.2, 0) is 13.1 Å². The molecule has 0 aliphatic heterocycles.